The molecule has 0 spiro atoms. The summed E-state index contributed by atoms with van der Waals surface area (Å²) in [5.41, 5.74) is 2.39. The molecule has 30 heavy (non-hydrogen) atoms. The van der Waals surface area contributed by atoms with Crippen LogP contribution in [0.1, 0.15) is 11.4 Å². The van der Waals surface area contributed by atoms with Crippen molar-refractivity contribution >= 4 is 16.9 Å². The minimum Gasteiger partial charge on any atom is -0.484 e. The molecule has 0 saturated heterocycles. The van der Waals surface area contributed by atoms with E-state index in [1.165, 1.54) is 6.07 Å². The van der Waals surface area contributed by atoms with Gasteiger partial charge in [-0.25, -0.2) is 9.37 Å². The van der Waals surface area contributed by atoms with Crippen LogP contribution in [-0.4, -0.2) is 28.6 Å². The fraction of sp³-hybridized carbons (Fsp3) is 0.167. The number of para-hydroxylation sites is 3. The van der Waals surface area contributed by atoms with E-state index in [0.29, 0.717) is 30.8 Å². The molecule has 1 aromatic heterocycles. The quantitative estimate of drug-likeness (QED) is 0.485. The Kier molecular flexibility index (Phi) is 6.03. The standard InChI is InChI=1S/C24H22FN3O2/c25-20-11-5-4-8-18(20)16-28-22-13-7-6-12-21(22)27-23(28)14-15-26-24(29)17-30-19-9-2-1-3-10-19/h1-13H,14-17H2,(H,26,29). The lowest BCUT2D eigenvalue weighted by Crippen LogP contribution is -2.31. The van der Waals surface area contributed by atoms with Crippen molar-refractivity contribution < 1.29 is 13.9 Å². The van der Waals surface area contributed by atoms with E-state index in [-0.39, 0.29) is 18.3 Å². The molecule has 4 rings (SSSR count). The zero-order valence-electron chi connectivity index (χ0n) is 16.4. The van der Waals surface area contributed by atoms with Crippen LogP contribution in [0.4, 0.5) is 4.39 Å². The van der Waals surface area contributed by atoms with Gasteiger partial charge in [0.25, 0.3) is 5.91 Å². The molecule has 0 atom stereocenters. The molecule has 0 unspecified atom stereocenters. The van der Waals surface area contributed by atoms with E-state index in [4.69, 9.17) is 4.74 Å². The predicted molar refractivity (Wildman–Crippen MR) is 114 cm³/mol. The van der Waals surface area contributed by atoms with Gasteiger partial charge in [-0.2, -0.15) is 0 Å². The van der Waals surface area contributed by atoms with E-state index in [0.717, 1.165) is 16.9 Å². The van der Waals surface area contributed by atoms with Crippen molar-refractivity contribution in [2.24, 2.45) is 0 Å². The van der Waals surface area contributed by atoms with E-state index < -0.39 is 0 Å². The Hall–Kier alpha value is -3.67. The first kappa shape index (κ1) is 19.6. The molecule has 1 N–H and O–H groups in total. The maximum atomic E-state index is 14.2. The van der Waals surface area contributed by atoms with Crippen LogP contribution in [0.25, 0.3) is 11.0 Å². The highest BCUT2D eigenvalue weighted by molar-refractivity contribution is 5.78. The third-order valence-electron chi connectivity index (χ3n) is 4.80. The van der Waals surface area contributed by atoms with Gasteiger partial charge in [-0.15, -0.1) is 0 Å². The third-order valence-corrected chi connectivity index (χ3v) is 4.80. The van der Waals surface area contributed by atoms with Gasteiger partial charge in [-0.3, -0.25) is 4.79 Å². The lowest BCUT2D eigenvalue weighted by Gasteiger charge is -2.11. The van der Waals surface area contributed by atoms with Gasteiger partial charge in [0.1, 0.15) is 17.4 Å². The smallest absolute Gasteiger partial charge is 0.257 e. The summed E-state index contributed by atoms with van der Waals surface area (Å²) in [5, 5.41) is 2.86. The number of carbonyl (C=O) groups is 1. The van der Waals surface area contributed by atoms with E-state index in [1.54, 1.807) is 24.3 Å². The van der Waals surface area contributed by atoms with Crippen LogP contribution in [0.15, 0.2) is 78.9 Å². The average molecular weight is 403 g/mol. The normalized spacial score (nSPS) is 10.8. The fourth-order valence-electron chi connectivity index (χ4n) is 3.32. The van der Waals surface area contributed by atoms with Crippen LogP contribution in [0.2, 0.25) is 0 Å². The van der Waals surface area contributed by atoms with Crippen LogP contribution in [0, 0.1) is 5.82 Å². The Morgan fingerprint density at radius 1 is 0.967 bits per heavy atom. The van der Waals surface area contributed by atoms with Gasteiger partial charge in [0.15, 0.2) is 6.61 Å². The number of nitrogens with one attached hydrogen (secondary N) is 1. The molecule has 152 valence electrons. The highest BCUT2D eigenvalue weighted by Gasteiger charge is 2.13. The monoisotopic (exact) mass is 403 g/mol. The molecule has 1 amide bonds. The molecular weight excluding hydrogens is 381 g/mol. The fourth-order valence-corrected chi connectivity index (χ4v) is 3.32. The summed E-state index contributed by atoms with van der Waals surface area (Å²) in [4.78, 5) is 16.8. The number of halogens is 1. The first-order valence-corrected chi connectivity index (χ1v) is 9.83. The number of ether oxygens (including phenoxy) is 1. The Labute approximate surface area is 174 Å². The van der Waals surface area contributed by atoms with Crippen LogP contribution in [-0.2, 0) is 17.8 Å². The molecule has 0 saturated carbocycles. The molecular formula is C24H22FN3O2. The second-order valence-corrected chi connectivity index (χ2v) is 6.90. The summed E-state index contributed by atoms with van der Waals surface area (Å²) < 4.78 is 21.7. The molecule has 1 heterocycles. The largest absolute Gasteiger partial charge is 0.484 e. The lowest BCUT2D eigenvalue weighted by molar-refractivity contribution is -0.123. The summed E-state index contributed by atoms with van der Waals surface area (Å²) in [6.07, 6.45) is 0.528. The van der Waals surface area contributed by atoms with Crippen molar-refractivity contribution in [3.05, 3.63) is 96.1 Å². The number of amides is 1. The first-order chi connectivity index (χ1) is 14.7. The molecule has 0 aliphatic heterocycles. The minimum absolute atomic E-state index is 0.0460. The van der Waals surface area contributed by atoms with Gasteiger partial charge in [0.2, 0.25) is 0 Å². The van der Waals surface area contributed by atoms with E-state index in [1.807, 2.05) is 53.1 Å². The highest BCUT2D eigenvalue weighted by Crippen LogP contribution is 2.19. The van der Waals surface area contributed by atoms with E-state index in [9.17, 15) is 9.18 Å². The van der Waals surface area contributed by atoms with E-state index >= 15 is 0 Å². The predicted octanol–water partition coefficient (Wildman–Crippen LogP) is 3.96. The average Bonchev–Trinajstić information content (AvgIpc) is 3.12. The van der Waals surface area contributed by atoms with Gasteiger partial charge in [0, 0.05) is 18.5 Å². The molecule has 5 nitrogen and oxygen atoms in total. The van der Waals surface area contributed by atoms with Crippen molar-refractivity contribution in [2.45, 2.75) is 13.0 Å². The number of rotatable bonds is 8. The van der Waals surface area contributed by atoms with Gasteiger partial charge in [-0.05, 0) is 30.3 Å². The highest BCUT2D eigenvalue weighted by atomic mass is 19.1. The zero-order chi connectivity index (χ0) is 20.8. The maximum Gasteiger partial charge on any atom is 0.257 e. The minimum atomic E-state index is -0.243. The molecule has 0 radical (unpaired) electrons. The van der Waals surface area contributed by atoms with Crippen LogP contribution >= 0.6 is 0 Å². The summed E-state index contributed by atoms with van der Waals surface area (Å²) >= 11 is 0. The zero-order valence-corrected chi connectivity index (χ0v) is 16.4. The Morgan fingerprint density at radius 2 is 1.70 bits per heavy atom. The van der Waals surface area contributed by atoms with Gasteiger partial charge >= 0.3 is 0 Å². The molecule has 4 aromatic rings. The van der Waals surface area contributed by atoms with Gasteiger partial charge in [0.05, 0.1) is 17.6 Å². The van der Waals surface area contributed by atoms with E-state index in [2.05, 4.69) is 10.3 Å². The van der Waals surface area contributed by atoms with Gasteiger partial charge < -0.3 is 14.6 Å². The molecule has 0 aliphatic rings. The Bertz CT molecular complexity index is 1140. The van der Waals surface area contributed by atoms with Crippen molar-refractivity contribution in [1.82, 2.24) is 14.9 Å². The SMILES string of the molecule is O=C(COc1ccccc1)NCCc1nc2ccccc2n1Cc1ccccc1F. The summed E-state index contributed by atoms with van der Waals surface area (Å²) in [5.74, 6) is 1.01. The van der Waals surface area contributed by atoms with Crippen LogP contribution in [0.3, 0.4) is 0 Å². The van der Waals surface area contributed by atoms with Crippen molar-refractivity contribution in [1.29, 1.82) is 0 Å². The molecule has 0 aliphatic carbocycles. The molecule has 0 fully saturated rings. The van der Waals surface area contributed by atoms with Crippen molar-refractivity contribution in [3.63, 3.8) is 0 Å². The maximum absolute atomic E-state index is 14.2. The van der Waals surface area contributed by atoms with Crippen LogP contribution in [0.5, 0.6) is 5.75 Å². The third kappa shape index (κ3) is 4.66. The first-order valence-electron chi connectivity index (χ1n) is 9.83. The second kappa shape index (κ2) is 9.22. The number of fused-ring (bicyclic) bond motifs is 1. The number of hydrogen-bond acceptors (Lipinski definition) is 3. The molecule has 0 bridgehead atoms. The van der Waals surface area contributed by atoms with Crippen LogP contribution < -0.4 is 10.1 Å². The number of imidazole rings is 1. The summed E-state index contributed by atoms with van der Waals surface area (Å²) in [6, 6.07) is 23.7. The second-order valence-electron chi connectivity index (χ2n) is 6.90. The van der Waals surface area contributed by atoms with Crippen molar-refractivity contribution in [2.75, 3.05) is 13.2 Å². The number of aromatic nitrogens is 2. The number of hydrogen-bond donors (Lipinski definition) is 1. The number of carbonyl (C=O) groups excluding carboxylic acids is 1. The summed E-state index contributed by atoms with van der Waals surface area (Å²) in [6.45, 7) is 0.751. The number of nitrogens with zero attached hydrogens (tertiary/aromatic N) is 2. The topological polar surface area (TPSA) is 56.1 Å². The van der Waals surface area contributed by atoms with Gasteiger partial charge in [-0.1, -0.05) is 48.5 Å². The Balaban J connectivity index is 1.42. The molecule has 3 aromatic carbocycles. The summed E-state index contributed by atoms with van der Waals surface area (Å²) in [7, 11) is 0. The lowest BCUT2D eigenvalue weighted by atomic mass is 10.2. The number of benzene rings is 3. The molecule has 6 heteroatoms. The van der Waals surface area contributed by atoms with Crippen molar-refractivity contribution in [3.8, 4) is 5.75 Å². The Morgan fingerprint density at radius 3 is 2.53 bits per heavy atom.